The average Bonchev–Trinajstić information content (AvgIpc) is 2.67. The first-order valence-electron chi connectivity index (χ1n) is 9.04. The van der Waals surface area contributed by atoms with E-state index < -0.39 is 58.1 Å². The molecule has 2 aromatic rings. The minimum Gasteiger partial charge on any atom is -0.391 e. The van der Waals surface area contributed by atoms with Crippen molar-refractivity contribution in [1.29, 1.82) is 0 Å². The number of nitrogens with one attached hydrogen (secondary N) is 1. The molecule has 30 heavy (non-hydrogen) atoms. The lowest BCUT2D eigenvalue weighted by Crippen LogP contribution is -2.41. The zero-order chi connectivity index (χ0) is 22.5. The molecular weight excluding hydrogens is 420 g/mol. The van der Waals surface area contributed by atoms with E-state index in [1.165, 1.54) is 12.1 Å². The SMILES string of the molecule is CC(=O)N[C@@H](C[C@H](O)COS(=O)(=O)c1ccc(C)cc1)[C@H](O)c1cc(F)ccc1F. The molecule has 0 spiro atoms. The van der Waals surface area contributed by atoms with Crippen LogP contribution in [0.3, 0.4) is 0 Å². The van der Waals surface area contributed by atoms with Crippen LogP contribution in [-0.2, 0) is 19.1 Å². The highest BCUT2D eigenvalue weighted by atomic mass is 32.2. The fourth-order valence-corrected chi connectivity index (χ4v) is 3.73. The molecular formula is C20H23F2NO6S. The number of hydrogen-bond acceptors (Lipinski definition) is 6. The molecule has 1 amide bonds. The molecule has 0 heterocycles. The third-order valence-electron chi connectivity index (χ3n) is 4.30. The molecule has 164 valence electrons. The molecule has 0 unspecified atom stereocenters. The molecule has 2 rings (SSSR count). The lowest BCUT2D eigenvalue weighted by Gasteiger charge is -2.26. The van der Waals surface area contributed by atoms with Gasteiger partial charge in [-0.25, -0.2) is 8.78 Å². The van der Waals surface area contributed by atoms with Crippen LogP contribution in [0.25, 0.3) is 0 Å². The van der Waals surface area contributed by atoms with E-state index >= 15 is 0 Å². The first kappa shape index (κ1) is 23.9. The number of carbonyl (C=O) groups excluding carboxylic acids is 1. The number of rotatable bonds is 9. The maximum absolute atomic E-state index is 14.0. The van der Waals surface area contributed by atoms with Crippen LogP contribution in [0.4, 0.5) is 8.78 Å². The van der Waals surface area contributed by atoms with Crippen molar-refractivity contribution in [3.8, 4) is 0 Å². The van der Waals surface area contributed by atoms with E-state index in [2.05, 4.69) is 5.32 Å². The van der Waals surface area contributed by atoms with Gasteiger partial charge >= 0.3 is 0 Å². The fraction of sp³-hybridized carbons (Fsp3) is 0.350. The Labute approximate surface area is 173 Å². The van der Waals surface area contributed by atoms with Crippen molar-refractivity contribution in [3.05, 3.63) is 65.2 Å². The Morgan fingerprint density at radius 1 is 1.13 bits per heavy atom. The summed E-state index contributed by atoms with van der Waals surface area (Å²) < 4.78 is 56.7. The van der Waals surface area contributed by atoms with Crippen molar-refractivity contribution >= 4 is 16.0 Å². The largest absolute Gasteiger partial charge is 0.391 e. The van der Waals surface area contributed by atoms with Crippen LogP contribution in [0.15, 0.2) is 47.4 Å². The van der Waals surface area contributed by atoms with Gasteiger partial charge in [0.1, 0.15) is 17.7 Å². The molecule has 3 atom stereocenters. The minimum absolute atomic E-state index is 0.0967. The Hall–Kier alpha value is -2.40. The van der Waals surface area contributed by atoms with Gasteiger partial charge in [0.2, 0.25) is 5.91 Å². The van der Waals surface area contributed by atoms with E-state index in [0.29, 0.717) is 0 Å². The third kappa shape index (κ3) is 6.56. The molecule has 2 aromatic carbocycles. The highest BCUT2D eigenvalue weighted by molar-refractivity contribution is 7.86. The van der Waals surface area contributed by atoms with Gasteiger partial charge in [0.15, 0.2) is 0 Å². The van der Waals surface area contributed by atoms with E-state index in [1.807, 2.05) is 0 Å². The number of carbonyl (C=O) groups is 1. The summed E-state index contributed by atoms with van der Waals surface area (Å²) in [6, 6.07) is 7.14. The summed E-state index contributed by atoms with van der Waals surface area (Å²) in [5.41, 5.74) is 0.444. The van der Waals surface area contributed by atoms with Crippen LogP contribution in [-0.4, -0.2) is 43.3 Å². The van der Waals surface area contributed by atoms with Crippen molar-refractivity contribution in [1.82, 2.24) is 5.32 Å². The number of amides is 1. The van der Waals surface area contributed by atoms with Crippen LogP contribution in [0.5, 0.6) is 0 Å². The summed E-state index contributed by atoms with van der Waals surface area (Å²) in [5, 5.41) is 23.0. The normalized spacial score (nSPS) is 14.7. The molecule has 0 saturated heterocycles. The predicted octanol–water partition coefficient (Wildman–Crippen LogP) is 1.97. The van der Waals surface area contributed by atoms with Crippen LogP contribution >= 0.6 is 0 Å². The lowest BCUT2D eigenvalue weighted by atomic mass is 9.96. The molecule has 10 heteroatoms. The number of benzene rings is 2. The van der Waals surface area contributed by atoms with Crippen molar-refractivity contribution in [2.75, 3.05) is 6.61 Å². The minimum atomic E-state index is -4.14. The quantitative estimate of drug-likeness (QED) is 0.511. The van der Waals surface area contributed by atoms with E-state index in [9.17, 15) is 32.2 Å². The Kier molecular flexibility index (Phi) is 8.02. The molecule has 0 aromatic heterocycles. The zero-order valence-electron chi connectivity index (χ0n) is 16.4. The molecule has 0 aliphatic carbocycles. The van der Waals surface area contributed by atoms with Crippen molar-refractivity contribution in [2.45, 2.75) is 43.4 Å². The maximum atomic E-state index is 14.0. The smallest absolute Gasteiger partial charge is 0.297 e. The zero-order valence-corrected chi connectivity index (χ0v) is 17.2. The van der Waals surface area contributed by atoms with Gasteiger partial charge in [-0.2, -0.15) is 8.42 Å². The van der Waals surface area contributed by atoms with Crippen LogP contribution < -0.4 is 5.32 Å². The maximum Gasteiger partial charge on any atom is 0.297 e. The van der Waals surface area contributed by atoms with Crippen LogP contribution in [0, 0.1) is 18.6 Å². The van der Waals surface area contributed by atoms with Crippen LogP contribution in [0.2, 0.25) is 0 Å². The Bertz CT molecular complexity index is 981. The number of halogens is 2. The number of hydrogen-bond donors (Lipinski definition) is 3. The molecule has 7 nitrogen and oxygen atoms in total. The van der Waals surface area contributed by atoms with E-state index in [1.54, 1.807) is 19.1 Å². The van der Waals surface area contributed by atoms with Crippen LogP contribution in [0.1, 0.15) is 30.6 Å². The molecule has 3 N–H and O–H groups in total. The lowest BCUT2D eigenvalue weighted by molar-refractivity contribution is -0.120. The summed E-state index contributed by atoms with van der Waals surface area (Å²) in [6.07, 6.45) is -3.50. The van der Waals surface area contributed by atoms with Gasteiger partial charge < -0.3 is 15.5 Å². The van der Waals surface area contributed by atoms with Crippen molar-refractivity contribution in [3.63, 3.8) is 0 Å². The molecule has 0 saturated carbocycles. The van der Waals surface area contributed by atoms with E-state index in [4.69, 9.17) is 4.18 Å². The van der Waals surface area contributed by atoms with Gasteiger partial charge in [0.25, 0.3) is 10.1 Å². The van der Waals surface area contributed by atoms with Gasteiger partial charge in [0, 0.05) is 12.5 Å². The highest BCUT2D eigenvalue weighted by Crippen LogP contribution is 2.24. The summed E-state index contributed by atoms with van der Waals surface area (Å²) >= 11 is 0. The Morgan fingerprint density at radius 2 is 1.77 bits per heavy atom. The molecule has 0 bridgehead atoms. The average molecular weight is 443 g/mol. The standard InChI is InChI=1S/C20H23F2NO6S/c1-12-3-6-16(7-4-12)30(27,28)29-11-15(25)10-19(23-13(2)24)20(26)17-9-14(21)5-8-18(17)22/h3-9,15,19-20,25-26H,10-11H2,1-2H3,(H,23,24)/t15-,19-,20+/m0/s1. The summed E-state index contributed by atoms with van der Waals surface area (Å²) in [5.74, 6) is -2.27. The first-order chi connectivity index (χ1) is 14.0. The van der Waals surface area contributed by atoms with E-state index in [0.717, 1.165) is 30.7 Å². The fourth-order valence-electron chi connectivity index (χ4n) is 2.79. The Balaban J connectivity index is 2.09. The first-order valence-corrected chi connectivity index (χ1v) is 10.4. The molecule has 0 aliphatic rings. The highest BCUT2D eigenvalue weighted by Gasteiger charge is 2.28. The second-order valence-electron chi connectivity index (χ2n) is 6.86. The summed E-state index contributed by atoms with van der Waals surface area (Å²) in [6.45, 7) is 2.27. The van der Waals surface area contributed by atoms with Gasteiger partial charge in [0.05, 0.1) is 23.6 Å². The molecule has 0 radical (unpaired) electrons. The molecule has 0 fully saturated rings. The summed E-state index contributed by atoms with van der Waals surface area (Å²) in [4.78, 5) is 11.4. The van der Waals surface area contributed by atoms with Crippen molar-refractivity contribution in [2.24, 2.45) is 0 Å². The monoisotopic (exact) mass is 443 g/mol. The van der Waals surface area contributed by atoms with E-state index in [-0.39, 0.29) is 11.3 Å². The third-order valence-corrected chi connectivity index (χ3v) is 5.59. The predicted molar refractivity (Wildman–Crippen MR) is 104 cm³/mol. The van der Waals surface area contributed by atoms with Gasteiger partial charge in [-0.3, -0.25) is 8.98 Å². The summed E-state index contributed by atoms with van der Waals surface area (Å²) in [7, 11) is -4.14. The second-order valence-corrected chi connectivity index (χ2v) is 8.47. The van der Waals surface area contributed by atoms with Gasteiger partial charge in [-0.15, -0.1) is 0 Å². The van der Waals surface area contributed by atoms with Gasteiger partial charge in [-0.1, -0.05) is 17.7 Å². The second kappa shape index (κ2) is 10.1. The number of aliphatic hydroxyl groups excluding tert-OH is 2. The topological polar surface area (TPSA) is 113 Å². The number of aryl methyl sites for hydroxylation is 1. The molecule has 0 aliphatic heterocycles. The Morgan fingerprint density at radius 3 is 2.37 bits per heavy atom. The van der Waals surface area contributed by atoms with Crippen molar-refractivity contribution < 1.29 is 36.4 Å². The van der Waals surface area contributed by atoms with Gasteiger partial charge in [-0.05, 0) is 43.7 Å². The number of aliphatic hydroxyl groups is 2.